The van der Waals surface area contributed by atoms with Crippen LogP contribution < -0.4 is 10.5 Å². The van der Waals surface area contributed by atoms with E-state index < -0.39 is 0 Å². The molecule has 0 bridgehead atoms. The summed E-state index contributed by atoms with van der Waals surface area (Å²) in [6, 6.07) is 20.3. The molecule has 0 saturated heterocycles. The third-order valence-corrected chi connectivity index (χ3v) is 3.34. The maximum atomic E-state index is 6.08. The first kappa shape index (κ1) is 11.6. The molecular weight excluding hydrogens is 234 g/mol. The highest BCUT2D eigenvalue weighted by molar-refractivity contribution is 5.99. The quantitative estimate of drug-likeness (QED) is 0.694. The number of rotatable bonds is 2. The molecule has 0 amide bonds. The van der Waals surface area contributed by atoms with Crippen molar-refractivity contribution in [1.82, 2.24) is 0 Å². The predicted octanol–water partition coefficient (Wildman–Crippen LogP) is 4.10. The fraction of sp³-hybridized carbons (Fsp3) is 0.0588. The molecule has 2 nitrogen and oxygen atoms in total. The minimum Gasteiger partial charge on any atom is -0.497 e. The number of benzene rings is 3. The Kier molecular flexibility index (Phi) is 2.84. The normalized spacial score (nSPS) is 10.6. The van der Waals surface area contributed by atoms with Crippen molar-refractivity contribution < 1.29 is 4.74 Å². The molecule has 3 aromatic rings. The zero-order valence-electron chi connectivity index (χ0n) is 10.8. The molecule has 3 aromatic carbocycles. The first-order chi connectivity index (χ1) is 9.29. The molecule has 0 aliphatic rings. The fourth-order valence-corrected chi connectivity index (χ4v) is 2.36. The highest BCUT2D eigenvalue weighted by Gasteiger charge is 2.07. The number of para-hydroxylation sites is 1. The summed E-state index contributed by atoms with van der Waals surface area (Å²) < 4.78 is 5.31. The summed E-state index contributed by atoms with van der Waals surface area (Å²) in [6.45, 7) is 0. The SMILES string of the molecule is COc1ccc2cccc(-c3ccccc3N)c2c1. The van der Waals surface area contributed by atoms with Gasteiger partial charge >= 0.3 is 0 Å². The van der Waals surface area contributed by atoms with Crippen LogP contribution in [0.5, 0.6) is 5.75 Å². The van der Waals surface area contributed by atoms with Gasteiger partial charge in [-0.15, -0.1) is 0 Å². The van der Waals surface area contributed by atoms with Crippen LogP contribution in [0.4, 0.5) is 5.69 Å². The molecule has 0 aliphatic carbocycles. The van der Waals surface area contributed by atoms with E-state index in [0.29, 0.717) is 0 Å². The van der Waals surface area contributed by atoms with E-state index in [9.17, 15) is 0 Å². The summed E-state index contributed by atoms with van der Waals surface area (Å²) in [4.78, 5) is 0. The molecule has 3 rings (SSSR count). The van der Waals surface area contributed by atoms with Crippen LogP contribution in [0, 0.1) is 0 Å². The molecule has 2 N–H and O–H groups in total. The molecule has 0 fully saturated rings. The number of nitrogen functional groups attached to an aromatic ring is 1. The Balaban J connectivity index is 2.32. The van der Waals surface area contributed by atoms with Gasteiger partial charge in [0, 0.05) is 11.3 Å². The van der Waals surface area contributed by atoms with E-state index in [1.165, 1.54) is 5.39 Å². The van der Waals surface area contributed by atoms with Crippen molar-refractivity contribution in [2.45, 2.75) is 0 Å². The molecule has 0 aromatic heterocycles. The predicted molar refractivity (Wildman–Crippen MR) is 80.3 cm³/mol. The minimum absolute atomic E-state index is 0.790. The van der Waals surface area contributed by atoms with Crippen molar-refractivity contribution in [2.24, 2.45) is 0 Å². The second kappa shape index (κ2) is 4.65. The maximum absolute atomic E-state index is 6.08. The molecule has 0 spiro atoms. The van der Waals surface area contributed by atoms with E-state index in [2.05, 4.69) is 30.3 Å². The molecule has 0 heterocycles. The number of nitrogens with two attached hydrogens (primary N) is 1. The number of ether oxygens (including phenoxy) is 1. The van der Waals surface area contributed by atoms with Crippen molar-refractivity contribution in [1.29, 1.82) is 0 Å². The van der Waals surface area contributed by atoms with Crippen LogP contribution in [0.2, 0.25) is 0 Å². The fourth-order valence-electron chi connectivity index (χ4n) is 2.36. The average Bonchev–Trinajstić information content (AvgIpc) is 2.47. The van der Waals surface area contributed by atoms with E-state index in [1.807, 2.05) is 30.3 Å². The Bertz CT molecular complexity index is 734. The molecule has 0 saturated carbocycles. The zero-order chi connectivity index (χ0) is 13.2. The third-order valence-electron chi connectivity index (χ3n) is 3.34. The summed E-state index contributed by atoms with van der Waals surface area (Å²) in [5.74, 6) is 0.856. The van der Waals surface area contributed by atoms with Crippen molar-refractivity contribution in [3.63, 3.8) is 0 Å². The first-order valence-electron chi connectivity index (χ1n) is 6.21. The van der Waals surface area contributed by atoms with Crippen molar-refractivity contribution in [3.05, 3.63) is 60.7 Å². The Morgan fingerprint density at radius 3 is 2.42 bits per heavy atom. The van der Waals surface area contributed by atoms with Crippen molar-refractivity contribution in [2.75, 3.05) is 12.8 Å². The third kappa shape index (κ3) is 2.02. The number of methoxy groups -OCH3 is 1. The van der Waals surface area contributed by atoms with Crippen LogP contribution in [0.1, 0.15) is 0 Å². The lowest BCUT2D eigenvalue weighted by atomic mass is 9.97. The molecule has 0 aliphatic heterocycles. The van der Waals surface area contributed by atoms with Gasteiger partial charge in [-0.2, -0.15) is 0 Å². The molecule has 94 valence electrons. The smallest absolute Gasteiger partial charge is 0.119 e. The van der Waals surface area contributed by atoms with Gasteiger partial charge in [0.15, 0.2) is 0 Å². The summed E-state index contributed by atoms with van der Waals surface area (Å²) in [5.41, 5.74) is 9.06. The van der Waals surface area contributed by atoms with Crippen LogP contribution in [0.3, 0.4) is 0 Å². The van der Waals surface area contributed by atoms with E-state index in [4.69, 9.17) is 10.5 Å². The Morgan fingerprint density at radius 1 is 0.842 bits per heavy atom. The van der Waals surface area contributed by atoms with Crippen LogP contribution in [-0.2, 0) is 0 Å². The van der Waals surface area contributed by atoms with Gasteiger partial charge in [0.1, 0.15) is 5.75 Å². The lowest BCUT2D eigenvalue weighted by molar-refractivity contribution is 0.415. The summed E-state index contributed by atoms with van der Waals surface area (Å²) in [5, 5.41) is 2.33. The molecule has 0 atom stereocenters. The highest BCUT2D eigenvalue weighted by atomic mass is 16.5. The number of hydrogen-bond acceptors (Lipinski definition) is 2. The summed E-state index contributed by atoms with van der Waals surface area (Å²) >= 11 is 0. The lowest BCUT2D eigenvalue weighted by Gasteiger charge is -2.10. The minimum atomic E-state index is 0.790. The maximum Gasteiger partial charge on any atom is 0.119 e. The van der Waals surface area contributed by atoms with Crippen molar-refractivity contribution >= 4 is 16.5 Å². The van der Waals surface area contributed by atoms with E-state index >= 15 is 0 Å². The molecule has 0 radical (unpaired) electrons. The van der Waals surface area contributed by atoms with Crippen LogP contribution in [-0.4, -0.2) is 7.11 Å². The molecular formula is C17H15NO. The van der Waals surface area contributed by atoms with E-state index in [0.717, 1.165) is 28.0 Å². The topological polar surface area (TPSA) is 35.2 Å². The number of hydrogen-bond donors (Lipinski definition) is 1. The Hall–Kier alpha value is -2.48. The Morgan fingerprint density at radius 2 is 1.63 bits per heavy atom. The molecule has 2 heteroatoms. The summed E-state index contributed by atoms with van der Waals surface area (Å²) in [6.07, 6.45) is 0. The average molecular weight is 249 g/mol. The van der Waals surface area contributed by atoms with Crippen molar-refractivity contribution in [3.8, 4) is 16.9 Å². The highest BCUT2D eigenvalue weighted by Crippen LogP contribution is 2.33. The zero-order valence-corrected chi connectivity index (χ0v) is 10.8. The van der Waals surface area contributed by atoms with Gasteiger partial charge in [-0.3, -0.25) is 0 Å². The van der Waals surface area contributed by atoms with Gasteiger partial charge in [-0.05, 0) is 34.5 Å². The number of anilines is 1. The van der Waals surface area contributed by atoms with Crippen LogP contribution >= 0.6 is 0 Å². The van der Waals surface area contributed by atoms with E-state index in [-0.39, 0.29) is 0 Å². The van der Waals surface area contributed by atoms with Gasteiger partial charge in [0.25, 0.3) is 0 Å². The molecule has 0 unspecified atom stereocenters. The van der Waals surface area contributed by atoms with Gasteiger partial charge in [0.2, 0.25) is 0 Å². The van der Waals surface area contributed by atoms with Crippen LogP contribution in [0.25, 0.3) is 21.9 Å². The summed E-state index contributed by atoms with van der Waals surface area (Å²) in [7, 11) is 1.68. The molecule has 19 heavy (non-hydrogen) atoms. The Labute approximate surface area is 112 Å². The van der Waals surface area contributed by atoms with Gasteiger partial charge in [-0.25, -0.2) is 0 Å². The first-order valence-corrected chi connectivity index (χ1v) is 6.21. The second-order valence-corrected chi connectivity index (χ2v) is 4.48. The lowest BCUT2D eigenvalue weighted by Crippen LogP contribution is -1.90. The van der Waals surface area contributed by atoms with Gasteiger partial charge in [-0.1, -0.05) is 42.5 Å². The largest absolute Gasteiger partial charge is 0.497 e. The van der Waals surface area contributed by atoms with Crippen LogP contribution in [0.15, 0.2) is 60.7 Å². The second-order valence-electron chi connectivity index (χ2n) is 4.48. The number of fused-ring (bicyclic) bond motifs is 1. The standard InChI is InChI=1S/C17H15NO/c1-19-13-10-9-12-5-4-7-14(16(12)11-13)15-6-2-3-8-17(15)18/h2-11H,18H2,1H3. The van der Waals surface area contributed by atoms with E-state index in [1.54, 1.807) is 7.11 Å². The van der Waals surface area contributed by atoms with Gasteiger partial charge < -0.3 is 10.5 Å². The van der Waals surface area contributed by atoms with Gasteiger partial charge in [0.05, 0.1) is 7.11 Å². The monoisotopic (exact) mass is 249 g/mol.